The molecule has 3 rings (SSSR count). The minimum absolute atomic E-state index is 0.113. The summed E-state index contributed by atoms with van der Waals surface area (Å²) in [5.41, 5.74) is 1.15. The molecule has 0 aliphatic heterocycles. The largest absolute Gasteiger partial charge is 0.318 e. The minimum Gasteiger partial charge on any atom is -0.318 e. The number of carbonyl (C=O) groups excluding carboxylic acids is 2. The van der Waals surface area contributed by atoms with Crippen LogP contribution in [0.25, 0.3) is 17.0 Å². The second kappa shape index (κ2) is 7.47. The second-order valence-corrected chi connectivity index (χ2v) is 6.56. The van der Waals surface area contributed by atoms with Crippen molar-refractivity contribution in [2.45, 2.75) is 20.8 Å². The fourth-order valence-electron chi connectivity index (χ4n) is 2.71. The van der Waals surface area contributed by atoms with E-state index in [0.29, 0.717) is 16.3 Å². The maximum Gasteiger partial charge on any atom is 0.284 e. The Bertz CT molecular complexity index is 1150. The Morgan fingerprint density at radius 1 is 1.29 bits per heavy atom. The van der Waals surface area contributed by atoms with E-state index >= 15 is 0 Å². The zero-order valence-electron chi connectivity index (χ0n) is 15.2. The van der Waals surface area contributed by atoms with Gasteiger partial charge in [0, 0.05) is 24.1 Å². The topological polar surface area (TPSA) is 87.7 Å². The van der Waals surface area contributed by atoms with Gasteiger partial charge in [-0.25, -0.2) is 8.78 Å². The van der Waals surface area contributed by atoms with E-state index in [9.17, 15) is 18.4 Å². The smallest absolute Gasteiger partial charge is 0.284 e. The standard InChI is InChI=1S/C19H15ClF2N4O2/c1-8-13(20)7-23-9(2)16(8)24-19(28)14(21)6-11-4-5-12-17(10(3)27)25-26-18(12)15(11)22/h4-7H,1-3H3,(H,24,28)(H,25,26)/b14-6-. The lowest BCUT2D eigenvalue weighted by Crippen LogP contribution is -2.14. The molecular formula is C19H15ClF2N4O2. The average molecular weight is 405 g/mol. The number of fused-ring (bicyclic) bond motifs is 1. The number of ketones is 1. The minimum atomic E-state index is -1.21. The normalized spacial score (nSPS) is 11.7. The molecule has 3 aromatic rings. The van der Waals surface area contributed by atoms with Crippen molar-refractivity contribution in [2.75, 3.05) is 5.32 Å². The molecule has 0 aliphatic carbocycles. The lowest BCUT2D eigenvalue weighted by atomic mass is 10.1. The van der Waals surface area contributed by atoms with E-state index < -0.39 is 17.6 Å². The first-order chi connectivity index (χ1) is 13.2. The van der Waals surface area contributed by atoms with Crippen molar-refractivity contribution >= 4 is 46.0 Å². The Labute approximate surface area is 163 Å². The quantitative estimate of drug-likeness (QED) is 0.494. The van der Waals surface area contributed by atoms with E-state index in [1.54, 1.807) is 13.8 Å². The molecule has 2 heterocycles. The molecular weight excluding hydrogens is 390 g/mol. The molecule has 0 unspecified atom stereocenters. The van der Waals surface area contributed by atoms with Gasteiger partial charge in [0.1, 0.15) is 11.2 Å². The number of hydrogen-bond acceptors (Lipinski definition) is 4. The molecule has 1 amide bonds. The molecule has 0 radical (unpaired) electrons. The van der Waals surface area contributed by atoms with Gasteiger partial charge in [0.25, 0.3) is 5.91 Å². The molecule has 0 bridgehead atoms. The van der Waals surface area contributed by atoms with Crippen molar-refractivity contribution < 1.29 is 18.4 Å². The summed E-state index contributed by atoms with van der Waals surface area (Å²) in [4.78, 5) is 27.7. The number of amides is 1. The second-order valence-electron chi connectivity index (χ2n) is 6.16. The molecule has 0 aliphatic rings. The lowest BCUT2D eigenvalue weighted by molar-refractivity contribution is -0.114. The number of H-pyrrole nitrogens is 1. The monoisotopic (exact) mass is 404 g/mol. The number of anilines is 1. The van der Waals surface area contributed by atoms with E-state index in [-0.39, 0.29) is 33.6 Å². The molecule has 144 valence electrons. The number of hydrogen-bond donors (Lipinski definition) is 2. The van der Waals surface area contributed by atoms with Gasteiger partial charge in [-0.1, -0.05) is 17.7 Å². The van der Waals surface area contributed by atoms with Crippen LogP contribution in [-0.2, 0) is 4.79 Å². The number of nitrogens with one attached hydrogen (secondary N) is 2. The highest BCUT2D eigenvalue weighted by Gasteiger charge is 2.18. The molecule has 2 aromatic heterocycles. The van der Waals surface area contributed by atoms with Crippen LogP contribution >= 0.6 is 11.6 Å². The Morgan fingerprint density at radius 2 is 2.00 bits per heavy atom. The van der Waals surface area contributed by atoms with Gasteiger partial charge in [-0.2, -0.15) is 5.10 Å². The van der Waals surface area contributed by atoms with Crippen molar-refractivity contribution in [3.8, 4) is 0 Å². The summed E-state index contributed by atoms with van der Waals surface area (Å²) in [5.74, 6) is -3.43. The first-order valence-electron chi connectivity index (χ1n) is 8.18. The lowest BCUT2D eigenvalue weighted by Gasteiger charge is -2.11. The van der Waals surface area contributed by atoms with Crippen molar-refractivity contribution in [3.05, 3.63) is 57.5 Å². The van der Waals surface area contributed by atoms with Crippen molar-refractivity contribution in [3.63, 3.8) is 0 Å². The molecule has 28 heavy (non-hydrogen) atoms. The number of aromatic nitrogens is 3. The molecule has 0 atom stereocenters. The Morgan fingerprint density at radius 3 is 2.68 bits per heavy atom. The van der Waals surface area contributed by atoms with Gasteiger partial charge in [-0.05, 0) is 31.6 Å². The molecule has 1 aromatic carbocycles. The van der Waals surface area contributed by atoms with E-state index in [4.69, 9.17) is 11.6 Å². The first kappa shape index (κ1) is 19.6. The predicted molar refractivity (Wildman–Crippen MR) is 102 cm³/mol. The van der Waals surface area contributed by atoms with Gasteiger partial charge >= 0.3 is 0 Å². The highest BCUT2D eigenvalue weighted by molar-refractivity contribution is 6.31. The third kappa shape index (κ3) is 3.50. The fraction of sp³-hybridized carbons (Fsp3) is 0.158. The summed E-state index contributed by atoms with van der Waals surface area (Å²) in [6.07, 6.45) is 2.19. The number of aromatic amines is 1. The molecule has 9 heteroatoms. The summed E-state index contributed by atoms with van der Waals surface area (Å²) in [5, 5.41) is 9.21. The maximum absolute atomic E-state index is 14.6. The van der Waals surface area contributed by atoms with Crippen LogP contribution in [0.2, 0.25) is 5.02 Å². The van der Waals surface area contributed by atoms with Crippen molar-refractivity contribution in [1.82, 2.24) is 15.2 Å². The van der Waals surface area contributed by atoms with Crippen LogP contribution in [0.15, 0.2) is 24.2 Å². The number of nitrogens with zero attached hydrogens (tertiary/aromatic N) is 2. The number of pyridine rings is 1. The third-order valence-corrected chi connectivity index (χ3v) is 4.63. The van der Waals surface area contributed by atoms with Crippen LogP contribution in [0.5, 0.6) is 0 Å². The van der Waals surface area contributed by atoms with Crippen LogP contribution < -0.4 is 5.32 Å². The molecule has 0 spiro atoms. The van der Waals surface area contributed by atoms with Crippen LogP contribution in [0, 0.1) is 19.7 Å². The van der Waals surface area contributed by atoms with E-state index in [1.165, 1.54) is 25.3 Å². The fourth-order valence-corrected chi connectivity index (χ4v) is 2.85. The van der Waals surface area contributed by atoms with Crippen LogP contribution in [-0.4, -0.2) is 26.9 Å². The first-order valence-corrected chi connectivity index (χ1v) is 8.56. The molecule has 0 fully saturated rings. The Kier molecular flexibility index (Phi) is 5.24. The zero-order chi connectivity index (χ0) is 20.6. The van der Waals surface area contributed by atoms with Gasteiger partial charge < -0.3 is 5.32 Å². The molecule has 6 nitrogen and oxygen atoms in total. The van der Waals surface area contributed by atoms with E-state index in [2.05, 4.69) is 20.5 Å². The van der Waals surface area contributed by atoms with Crippen LogP contribution in [0.4, 0.5) is 14.5 Å². The SMILES string of the molecule is CC(=O)c1[nH]nc2c(F)c(/C=C(\F)C(=O)Nc3c(C)ncc(Cl)c3C)ccc12. The van der Waals surface area contributed by atoms with Gasteiger partial charge in [-0.15, -0.1) is 0 Å². The number of halogens is 3. The third-order valence-electron chi connectivity index (χ3n) is 4.25. The zero-order valence-corrected chi connectivity index (χ0v) is 15.9. The Balaban J connectivity index is 1.93. The number of rotatable bonds is 4. The Hall–Kier alpha value is -3.13. The highest BCUT2D eigenvalue weighted by Crippen LogP contribution is 2.27. The van der Waals surface area contributed by atoms with Gasteiger partial charge in [0.2, 0.25) is 0 Å². The van der Waals surface area contributed by atoms with Crippen LogP contribution in [0.3, 0.4) is 0 Å². The maximum atomic E-state index is 14.6. The highest BCUT2D eigenvalue weighted by atomic mass is 35.5. The van der Waals surface area contributed by atoms with E-state index in [1.807, 2.05) is 0 Å². The molecule has 0 saturated carbocycles. The molecule has 0 saturated heterocycles. The summed E-state index contributed by atoms with van der Waals surface area (Å²) in [6, 6.07) is 2.70. The number of aryl methyl sites for hydroxylation is 1. The average Bonchev–Trinajstić information content (AvgIpc) is 3.09. The predicted octanol–water partition coefficient (Wildman–Crippen LogP) is 4.52. The summed E-state index contributed by atoms with van der Waals surface area (Å²) in [6.45, 7) is 4.61. The summed E-state index contributed by atoms with van der Waals surface area (Å²) in [7, 11) is 0. The van der Waals surface area contributed by atoms with Gasteiger partial charge in [-0.3, -0.25) is 19.7 Å². The van der Waals surface area contributed by atoms with Crippen LogP contribution in [0.1, 0.15) is 34.2 Å². The van der Waals surface area contributed by atoms with Crippen molar-refractivity contribution in [2.24, 2.45) is 0 Å². The molecule has 2 N–H and O–H groups in total. The van der Waals surface area contributed by atoms with Gasteiger partial charge in [0.05, 0.1) is 16.4 Å². The summed E-state index contributed by atoms with van der Waals surface area (Å²) < 4.78 is 29.0. The van der Waals surface area contributed by atoms with Gasteiger partial charge in [0.15, 0.2) is 17.4 Å². The van der Waals surface area contributed by atoms with Crippen molar-refractivity contribution in [1.29, 1.82) is 0 Å². The number of Topliss-reactive ketones (excluding diaryl/α,β-unsaturated/α-hetero) is 1. The van der Waals surface area contributed by atoms with E-state index in [0.717, 1.165) is 6.08 Å². The number of carbonyl (C=O) groups is 2. The number of benzene rings is 1. The summed E-state index contributed by atoms with van der Waals surface area (Å²) >= 11 is 5.97.